The van der Waals surface area contributed by atoms with Gasteiger partial charge in [0.1, 0.15) is 18.0 Å². The Balaban J connectivity index is 1.82. The van der Waals surface area contributed by atoms with Gasteiger partial charge in [-0.25, -0.2) is 15.0 Å². The standard InChI is InChI=1S/C18H22N6O/c1-5-19-17-14-7-6-13(8-15(14)20-9-21-17)18(25)24-12(4)16-22-10(2)11(3)23-16/h6-9,12H,5H2,1-4H3,(H,22,23)(H,24,25)(H,19,20,21). The van der Waals surface area contributed by atoms with Crippen molar-refractivity contribution in [1.82, 2.24) is 25.3 Å². The molecule has 0 aliphatic carbocycles. The lowest BCUT2D eigenvalue weighted by Crippen LogP contribution is -2.27. The summed E-state index contributed by atoms with van der Waals surface area (Å²) in [6, 6.07) is 5.22. The maximum atomic E-state index is 12.6. The fourth-order valence-corrected chi connectivity index (χ4v) is 2.64. The molecular weight excluding hydrogens is 316 g/mol. The van der Waals surface area contributed by atoms with Gasteiger partial charge >= 0.3 is 0 Å². The van der Waals surface area contributed by atoms with Crippen molar-refractivity contribution in [3.8, 4) is 0 Å². The van der Waals surface area contributed by atoms with Crippen molar-refractivity contribution < 1.29 is 4.79 Å². The van der Waals surface area contributed by atoms with Gasteiger partial charge in [0, 0.05) is 23.2 Å². The third kappa shape index (κ3) is 3.45. The molecule has 3 aromatic rings. The fraction of sp³-hybridized carbons (Fsp3) is 0.333. The van der Waals surface area contributed by atoms with E-state index in [2.05, 4.69) is 30.6 Å². The first-order valence-electron chi connectivity index (χ1n) is 8.32. The summed E-state index contributed by atoms with van der Waals surface area (Å²) >= 11 is 0. The molecule has 0 aliphatic rings. The molecule has 7 nitrogen and oxygen atoms in total. The van der Waals surface area contributed by atoms with E-state index < -0.39 is 0 Å². The van der Waals surface area contributed by atoms with Crippen LogP contribution in [0.15, 0.2) is 24.5 Å². The third-order valence-corrected chi connectivity index (χ3v) is 4.15. The van der Waals surface area contributed by atoms with E-state index in [4.69, 9.17) is 0 Å². The van der Waals surface area contributed by atoms with E-state index in [1.807, 2.05) is 33.8 Å². The molecule has 3 rings (SSSR count). The van der Waals surface area contributed by atoms with Crippen LogP contribution in [0.3, 0.4) is 0 Å². The largest absolute Gasteiger partial charge is 0.370 e. The Hall–Kier alpha value is -2.96. The molecule has 0 saturated heterocycles. The van der Waals surface area contributed by atoms with Gasteiger partial charge in [0.2, 0.25) is 0 Å². The van der Waals surface area contributed by atoms with E-state index in [1.54, 1.807) is 12.1 Å². The minimum absolute atomic E-state index is 0.162. The topological polar surface area (TPSA) is 95.6 Å². The highest BCUT2D eigenvalue weighted by molar-refractivity contribution is 5.99. The van der Waals surface area contributed by atoms with Crippen LogP contribution < -0.4 is 10.6 Å². The van der Waals surface area contributed by atoms with Crippen LogP contribution in [0.4, 0.5) is 5.82 Å². The van der Waals surface area contributed by atoms with Crippen LogP contribution in [0.25, 0.3) is 10.9 Å². The number of aryl methyl sites for hydroxylation is 2. The number of amides is 1. The Kier molecular flexibility index (Phi) is 4.65. The number of rotatable bonds is 5. The number of anilines is 1. The van der Waals surface area contributed by atoms with E-state index in [-0.39, 0.29) is 11.9 Å². The zero-order valence-electron chi connectivity index (χ0n) is 14.8. The second-order valence-corrected chi connectivity index (χ2v) is 6.01. The number of imidazole rings is 1. The second-order valence-electron chi connectivity index (χ2n) is 6.01. The van der Waals surface area contributed by atoms with Crippen molar-refractivity contribution >= 4 is 22.6 Å². The molecule has 0 saturated carbocycles. The van der Waals surface area contributed by atoms with Gasteiger partial charge in [0.25, 0.3) is 5.91 Å². The summed E-state index contributed by atoms with van der Waals surface area (Å²) in [6.07, 6.45) is 1.50. The Morgan fingerprint density at radius 2 is 2.08 bits per heavy atom. The number of carbonyl (C=O) groups excluding carboxylic acids is 1. The average Bonchev–Trinajstić information content (AvgIpc) is 2.94. The monoisotopic (exact) mass is 338 g/mol. The molecule has 130 valence electrons. The summed E-state index contributed by atoms with van der Waals surface area (Å²) in [6.45, 7) is 8.59. The molecule has 2 aromatic heterocycles. The highest BCUT2D eigenvalue weighted by Crippen LogP contribution is 2.21. The van der Waals surface area contributed by atoms with Crippen molar-refractivity contribution in [1.29, 1.82) is 0 Å². The van der Waals surface area contributed by atoms with Crippen molar-refractivity contribution in [2.45, 2.75) is 33.7 Å². The fourth-order valence-electron chi connectivity index (χ4n) is 2.64. The van der Waals surface area contributed by atoms with E-state index >= 15 is 0 Å². The van der Waals surface area contributed by atoms with E-state index in [0.717, 1.165) is 40.5 Å². The molecule has 0 fully saturated rings. The van der Waals surface area contributed by atoms with Crippen molar-refractivity contribution in [2.24, 2.45) is 0 Å². The number of benzene rings is 1. The predicted molar refractivity (Wildman–Crippen MR) is 97.6 cm³/mol. The summed E-state index contributed by atoms with van der Waals surface area (Å²) in [7, 11) is 0. The van der Waals surface area contributed by atoms with Crippen LogP contribution in [-0.2, 0) is 0 Å². The zero-order chi connectivity index (χ0) is 18.0. The molecule has 0 radical (unpaired) electrons. The highest BCUT2D eigenvalue weighted by atomic mass is 16.1. The Morgan fingerprint density at radius 3 is 2.76 bits per heavy atom. The summed E-state index contributed by atoms with van der Waals surface area (Å²) in [5.41, 5.74) is 3.24. The normalized spacial score (nSPS) is 12.2. The first kappa shape index (κ1) is 16.9. The van der Waals surface area contributed by atoms with Gasteiger partial charge in [-0.05, 0) is 45.9 Å². The van der Waals surface area contributed by atoms with Crippen LogP contribution in [0, 0.1) is 13.8 Å². The van der Waals surface area contributed by atoms with Crippen LogP contribution in [0.5, 0.6) is 0 Å². The molecule has 1 unspecified atom stereocenters. The number of aromatic nitrogens is 4. The Labute approximate surface area is 146 Å². The molecule has 0 aliphatic heterocycles. The minimum Gasteiger partial charge on any atom is -0.370 e. The van der Waals surface area contributed by atoms with Gasteiger partial charge in [-0.3, -0.25) is 4.79 Å². The number of hydrogen-bond acceptors (Lipinski definition) is 5. The number of nitrogens with zero attached hydrogens (tertiary/aromatic N) is 3. The summed E-state index contributed by atoms with van der Waals surface area (Å²) in [4.78, 5) is 28.7. The average molecular weight is 338 g/mol. The Morgan fingerprint density at radius 1 is 1.28 bits per heavy atom. The van der Waals surface area contributed by atoms with Crippen molar-refractivity contribution in [3.63, 3.8) is 0 Å². The summed E-state index contributed by atoms with van der Waals surface area (Å²) in [5.74, 6) is 1.36. The number of nitrogens with one attached hydrogen (secondary N) is 3. The Bertz CT molecular complexity index is 898. The maximum Gasteiger partial charge on any atom is 0.251 e. The molecule has 25 heavy (non-hydrogen) atoms. The molecule has 1 atom stereocenters. The summed E-state index contributed by atoms with van der Waals surface area (Å²) < 4.78 is 0. The van der Waals surface area contributed by atoms with E-state index in [1.165, 1.54) is 6.33 Å². The van der Waals surface area contributed by atoms with Gasteiger partial charge in [-0.15, -0.1) is 0 Å². The second kappa shape index (κ2) is 6.88. The van der Waals surface area contributed by atoms with Crippen LogP contribution >= 0.6 is 0 Å². The minimum atomic E-state index is -0.210. The maximum absolute atomic E-state index is 12.6. The van der Waals surface area contributed by atoms with E-state index in [9.17, 15) is 4.79 Å². The van der Waals surface area contributed by atoms with Crippen LogP contribution in [0.1, 0.15) is 47.5 Å². The number of hydrogen-bond donors (Lipinski definition) is 3. The molecule has 2 heterocycles. The molecule has 0 spiro atoms. The van der Waals surface area contributed by atoms with Crippen molar-refractivity contribution in [2.75, 3.05) is 11.9 Å². The van der Waals surface area contributed by atoms with E-state index in [0.29, 0.717) is 5.56 Å². The number of fused-ring (bicyclic) bond motifs is 1. The highest BCUT2D eigenvalue weighted by Gasteiger charge is 2.16. The molecule has 1 aromatic carbocycles. The first-order valence-corrected chi connectivity index (χ1v) is 8.32. The first-order chi connectivity index (χ1) is 12.0. The van der Waals surface area contributed by atoms with Gasteiger partial charge < -0.3 is 15.6 Å². The molecule has 3 N–H and O–H groups in total. The number of carbonyl (C=O) groups is 1. The quantitative estimate of drug-likeness (QED) is 0.665. The lowest BCUT2D eigenvalue weighted by atomic mass is 10.1. The lowest BCUT2D eigenvalue weighted by Gasteiger charge is -2.12. The van der Waals surface area contributed by atoms with Gasteiger partial charge in [-0.1, -0.05) is 0 Å². The zero-order valence-corrected chi connectivity index (χ0v) is 14.8. The third-order valence-electron chi connectivity index (χ3n) is 4.15. The summed E-state index contributed by atoms with van der Waals surface area (Å²) in [5, 5.41) is 7.06. The van der Waals surface area contributed by atoms with Gasteiger partial charge in [-0.2, -0.15) is 0 Å². The smallest absolute Gasteiger partial charge is 0.251 e. The molecule has 1 amide bonds. The molecule has 7 heteroatoms. The molecule has 0 bridgehead atoms. The number of aromatic amines is 1. The van der Waals surface area contributed by atoms with Crippen LogP contribution in [-0.4, -0.2) is 32.4 Å². The van der Waals surface area contributed by atoms with Gasteiger partial charge in [0.15, 0.2) is 0 Å². The lowest BCUT2D eigenvalue weighted by molar-refractivity contribution is 0.0938. The van der Waals surface area contributed by atoms with Gasteiger partial charge in [0.05, 0.1) is 17.3 Å². The van der Waals surface area contributed by atoms with Crippen LogP contribution in [0.2, 0.25) is 0 Å². The SMILES string of the molecule is CCNc1ncnc2cc(C(=O)NC(C)c3nc(C)c(C)[nH]3)ccc12. The molecular formula is C18H22N6O. The predicted octanol–water partition coefficient (Wildman–Crippen LogP) is 2.89. The van der Waals surface area contributed by atoms with Crippen molar-refractivity contribution in [3.05, 3.63) is 47.3 Å². The number of H-pyrrole nitrogens is 1.